The molecule has 0 aromatic heterocycles. The second kappa shape index (κ2) is 26.8. The number of likely N-dealkylation sites (N-methyl/N-ethyl adjacent to an activating group) is 2. The molecule has 18 nitrogen and oxygen atoms in total. The number of nitrogens with zero attached hydrogens (tertiary/aromatic N) is 7. The van der Waals surface area contributed by atoms with Gasteiger partial charge in [0.05, 0.1) is 56.8 Å². The molecule has 0 aliphatic carbocycles. The molecule has 0 saturated heterocycles. The van der Waals surface area contributed by atoms with Crippen molar-refractivity contribution in [3.05, 3.63) is 82.9 Å². The first-order chi connectivity index (χ1) is 28.8. The van der Waals surface area contributed by atoms with Crippen molar-refractivity contribution in [2.75, 3.05) is 64.8 Å². The fraction of sp³-hybridized carbons (Fsp3) is 0.395. The molecule has 1 unspecified atom stereocenters. The van der Waals surface area contributed by atoms with Crippen molar-refractivity contribution in [1.82, 2.24) is 20.0 Å². The van der Waals surface area contributed by atoms with E-state index < -0.39 is 27.8 Å². The van der Waals surface area contributed by atoms with Gasteiger partial charge in [0.2, 0.25) is 16.1 Å². The van der Waals surface area contributed by atoms with Gasteiger partial charge in [0.1, 0.15) is 6.26 Å². The average molecular weight is 910 g/mol. The van der Waals surface area contributed by atoms with Crippen molar-refractivity contribution in [3.8, 4) is 0 Å². The van der Waals surface area contributed by atoms with Crippen LogP contribution in [0.25, 0.3) is 0 Å². The van der Waals surface area contributed by atoms with Gasteiger partial charge in [0.15, 0.2) is 12.2 Å². The highest BCUT2D eigenvalue weighted by molar-refractivity contribution is 7.94. The molecule has 0 radical (unpaired) electrons. The van der Waals surface area contributed by atoms with E-state index >= 15 is 0 Å². The van der Waals surface area contributed by atoms with Gasteiger partial charge >= 0.3 is 0 Å². The minimum absolute atomic E-state index is 0.0333. The molecule has 3 aromatic carbocycles. The number of hydrogen-bond acceptors (Lipinski definition) is 17. The molecule has 22 heteroatoms. The summed E-state index contributed by atoms with van der Waals surface area (Å²) in [5.41, 5.74) is 3.75. The number of hydroxylamine groups is 1. The molecule has 0 fully saturated rings. The van der Waals surface area contributed by atoms with Crippen LogP contribution in [0.5, 0.6) is 0 Å². The van der Waals surface area contributed by atoms with Crippen molar-refractivity contribution in [2.45, 2.75) is 50.5 Å². The first-order valence-electron chi connectivity index (χ1n) is 18.8. The van der Waals surface area contributed by atoms with Crippen LogP contribution in [0.2, 0.25) is 10.0 Å². The van der Waals surface area contributed by atoms with Crippen LogP contribution in [0, 0.1) is 0 Å². The normalized spacial score (nSPS) is 12.9. The summed E-state index contributed by atoms with van der Waals surface area (Å²) in [4.78, 5) is 39.8. The molecule has 0 aliphatic heterocycles. The van der Waals surface area contributed by atoms with Crippen molar-refractivity contribution < 1.29 is 36.8 Å². The molecular formula is C38H50Cl2N10O8S2. The van der Waals surface area contributed by atoms with E-state index in [0.29, 0.717) is 18.8 Å². The molecular weight excluding hydrogens is 860 g/mol. The van der Waals surface area contributed by atoms with E-state index in [2.05, 4.69) is 64.6 Å². The lowest BCUT2D eigenvalue weighted by Gasteiger charge is -2.18. The number of nitrogens with one attached hydrogen (secondary N) is 3. The van der Waals surface area contributed by atoms with Gasteiger partial charge in [0, 0.05) is 31.1 Å². The number of ketones is 1. The molecule has 1 atom stereocenters. The number of anilines is 1. The van der Waals surface area contributed by atoms with E-state index in [1.165, 1.54) is 56.7 Å². The first kappa shape index (κ1) is 50.0. The highest BCUT2D eigenvalue weighted by Gasteiger charge is 2.24. The number of benzene rings is 3. The van der Waals surface area contributed by atoms with Crippen molar-refractivity contribution >= 4 is 86.1 Å². The Kier molecular flexibility index (Phi) is 22.3. The second-order valence-electron chi connectivity index (χ2n) is 12.3. The summed E-state index contributed by atoms with van der Waals surface area (Å²) >= 11 is 13.9. The lowest BCUT2D eigenvalue weighted by molar-refractivity contribution is -0.244. The largest absolute Gasteiger partial charge is 0.499 e. The van der Waals surface area contributed by atoms with Crippen molar-refractivity contribution in [1.29, 1.82) is 0 Å². The predicted octanol–water partition coefficient (Wildman–Crippen LogP) is 8.00. The number of aliphatic imine (C=N–C) groups is 1. The molecule has 3 N–H and O–H groups in total. The summed E-state index contributed by atoms with van der Waals surface area (Å²) in [6, 6.07) is 13.7. The third-order valence-corrected chi connectivity index (χ3v) is 11.0. The summed E-state index contributed by atoms with van der Waals surface area (Å²) < 4.78 is 43.6. The van der Waals surface area contributed by atoms with Gasteiger partial charge < -0.3 is 24.6 Å². The maximum absolute atomic E-state index is 13.1. The van der Waals surface area contributed by atoms with Gasteiger partial charge in [-0.25, -0.2) is 18.1 Å². The van der Waals surface area contributed by atoms with Gasteiger partial charge in [0.25, 0.3) is 11.8 Å². The zero-order chi connectivity index (χ0) is 43.9. The molecule has 0 heterocycles. The van der Waals surface area contributed by atoms with Crippen LogP contribution >= 0.6 is 35.2 Å². The van der Waals surface area contributed by atoms with Gasteiger partial charge in [-0.2, -0.15) is 15.7 Å². The zero-order valence-corrected chi connectivity index (χ0v) is 37.3. The molecule has 3 rings (SSSR count). The topological polar surface area (TPSA) is 210 Å². The summed E-state index contributed by atoms with van der Waals surface area (Å²) in [6.45, 7) is 15.2. The Bertz CT molecular complexity index is 2050. The average Bonchev–Trinajstić information content (AvgIpc) is 3.23. The number of halogens is 2. The molecule has 0 spiro atoms. The minimum atomic E-state index is -3.75. The number of carbonyl (C=O) groups is 2. The number of rotatable bonds is 27. The Balaban J connectivity index is 1.55. The van der Waals surface area contributed by atoms with Crippen LogP contribution in [0.3, 0.4) is 0 Å². The number of carbonyl (C=O) groups excluding carboxylic acids is 2. The molecule has 0 aliphatic rings. The summed E-state index contributed by atoms with van der Waals surface area (Å²) in [6.07, 6.45) is 2.26. The highest BCUT2D eigenvalue weighted by Crippen LogP contribution is 2.35. The Hall–Kier alpha value is -4.35. The van der Waals surface area contributed by atoms with Crippen molar-refractivity contribution in [3.63, 3.8) is 0 Å². The Morgan fingerprint density at radius 1 is 0.867 bits per heavy atom. The first-order valence-corrected chi connectivity index (χ1v) is 21.7. The van der Waals surface area contributed by atoms with Crippen LogP contribution in [0.4, 0.5) is 22.7 Å². The third kappa shape index (κ3) is 17.3. The fourth-order valence-electron chi connectivity index (χ4n) is 4.88. The second-order valence-corrected chi connectivity index (χ2v) is 15.7. The van der Waals surface area contributed by atoms with Crippen LogP contribution < -0.4 is 15.5 Å². The van der Waals surface area contributed by atoms with E-state index in [1.54, 1.807) is 24.3 Å². The van der Waals surface area contributed by atoms with Gasteiger partial charge in [-0.1, -0.05) is 50.9 Å². The SMILES string of the molecule is CCN(CC)CCNOOSc1ccc(N=N/C(=C\OC)OC=Nc2cc(Cl)c(NC(=O)C(N=Nc3ccc(S(=O)(=O)NCCN(CC)CC)cc3)C(C)=O)cc2Cl)cc1. The quantitative estimate of drug-likeness (QED) is 0.00765. The number of hydrogen-bond donors (Lipinski definition) is 3. The monoisotopic (exact) mass is 908 g/mol. The standard InChI is InChI=1S/C38H50Cl2N10O8S2/c1-7-49(8-2)21-19-42-57-58-59-30-15-11-28(12-16-30)45-47-36(25-55-6)56-26-41-34-23-33(40)35(24-32(34)39)44-38(52)37(27(5)51)48-46-29-13-17-31(18-14-29)60(53,54)43-20-22-50(9-3)10-4/h11-18,23-26,37,42-43H,7-10,19-22H2,1-6H3,(H,44,52)/b36-25+,41-26?,47-45?,48-46?. The van der Waals surface area contributed by atoms with Gasteiger partial charge in [-0.05, 0) is 93.8 Å². The van der Waals surface area contributed by atoms with E-state index in [1.807, 2.05) is 13.8 Å². The minimum Gasteiger partial charge on any atom is -0.499 e. The van der Waals surface area contributed by atoms with Crippen LogP contribution in [0.15, 0.2) is 108 Å². The Morgan fingerprint density at radius 2 is 1.48 bits per heavy atom. The van der Waals surface area contributed by atoms with Gasteiger partial charge in [-0.15, -0.1) is 19.6 Å². The van der Waals surface area contributed by atoms with Gasteiger partial charge in [-0.3, -0.25) is 9.59 Å². The molecule has 326 valence electrons. The Labute approximate surface area is 364 Å². The maximum atomic E-state index is 13.1. The van der Waals surface area contributed by atoms with Crippen LogP contribution in [0.1, 0.15) is 34.6 Å². The van der Waals surface area contributed by atoms with Crippen molar-refractivity contribution in [2.24, 2.45) is 25.4 Å². The predicted molar refractivity (Wildman–Crippen MR) is 233 cm³/mol. The summed E-state index contributed by atoms with van der Waals surface area (Å²) in [5.74, 6) is -1.47. The molecule has 0 saturated carbocycles. The number of methoxy groups -OCH3 is 1. The van der Waals surface area contributed by atoms with E-state index in [0.717, 1.165) is 56.1 Å². The summed E-state index contributed by atoms with van der Waals surface area (Å²) in [5, 5.41) is 18.7. The van der Waals surface area contributed by atoms with E-state index in [-0.39, 0.29) is 44.4 Å². The smallest absolute Gasteiger partial charge is 0.274 e. The molecule has 1 amide bonds. The number of amides is 1. The fourth-order valence-corrected chi connectivity index (χ4v) is 6.73. The number of azo groups is 2. The van der Waals surface area contributed by atoms with Crippen LogP contribution in [-0.4, -0.2) is 102 Å². The van der Waals surface area contributed by atoms with E-state index in [4.69, 9.17) is 42.0 Å². The highest BCUT2D eigenvalue weighted by atomic mass is 35.5. The summed E-state index contributed by atoms with van der Waals surface area (Å²) in [7, 11) is -2.35. The third-order valence-electron chi connectivity index (χ3n) is 8.31. The molecule has 0 bridgehead atoms. The van der Waals surface area contributed by atoms with Crippen LogP contribution in [-0.2, 0) is 38.4 Å². The lowest BCUT2D eigenvalue weighted by atomic mass is 10.2. The van der Waals surface area contributed by atoms with E-state index in [9.17, 15) is 18.0 Å². The lowest BCUT2D eigenvalue weighted by Crippen LogP contribution is -2.34. The molecule has 60 heavy (non-hydrogen) atoms. The maximum Gasteiger partial charge on any atom is 0.274 e. The molecule has 3 aromatic rings. The number of sulfonamides is 1. The number of Topliss-reactive ketones (excluding diaryl/α,β-unsaturated/α-hetero) is 1. The number of ether oxygens (including phenoxy) is 2. The Morgan fingerprint density at radius 3 is 2.10 bits per heavy atom. The zero-order valence-electron chi connectivity index (χ0n) is 34.1.